The molecule has 3 rings (SSSR count). The van der Waals surface area contributed by atoms with Crippen LogP contribution in [0.2, 0.25) is 0 Å². The molecule has 3 aromatic rings. The molecule has 1 heterocycles. The first-order valence-corrected chi connectivity index (χ1v) is 9.20. The van der Waals surface area contributed by atoms with Crippen molar-refractivity contribution in [3.05, 3.63) is 88.9 Å². The number of hydrogen-bond donors (Lipinski definition) is 1. The number of hydrogen-bond acceptors (Lipinski definition) is 5. The molecule has 0 fully saturated rings. The van der Waals surface area contributed by atoms with E-state index in [1.807, 2.05) is 54.6 Å². The third-order valence-electron chi connectivity index (χ3n) is 4.48. The van der Waals surface area contributed by atoms with Crippen LogP contribution in [0.4, 0.5) is 0 Å². The third-order valence-corrected chi connectivity index (χ3v) is 4.48. The van der Waals surface area contributed by atoms with Crippen molar-refractivity contribution >= 4 is 11.9 Å². The van der Waals surface area contributed by atoms with Crippen LogP contribution in [0.15, 0.2) is 65.1 Å². The second-order valence-corrected chi connectivity index (χ2v) is 6.59. The summed E-state index contributed by atoms with van der Waals surface area (Å²) in [5, 5.41) is 2.93. The van der Waals surface area contributed by atoms with Crippen molar-refractivity contribution in [1.29, 1.82) is 0 Å². The molecule has 6 heteroatoms. The number of benzene rings is 2. The first kappa shape index (κ1) is 20.2. The lowest BCUT2D eigenvalue weighted by Gasteiger charge is -2.20. The predicted octanol–water partition coefficient (Wildman–Crippen LogP) is 3.97. The highest BCUT2D eigenvalue weighted by Crippen LogP contribution is 2.24. The van der Waals surface area contributed by atoms with Gasteiger partial charge in [0, 0.05) is 0 Å². The molecule has 0 radical (unpaired) electrons. The van der Waals surface area contributed by atoms with E-state index >= 15 is 0 Å². The monoisotopic (exact) mass is 393 g/mol. The fraction of sp³-hybridized carbons (Fsp3) is 0.217. The number of methoxy groups -OCH3 is 1. The van der Waals surface area contributed by atoms with Gasteiger partial charge in [-0.05, 0) is 43.2 Å². The summed E-state index contributed by atoms with van der Waals surface area (Å²) in [5.74, 6) is 0.818. The normalized spacial score (nSPS) is 11.6. The molecule has 0 aliphatic rings. The molecule has 0 unspecified atom stereocenters. The maximum atomic E-state index is 12.5. The first-order valence-electron chi connectivity index (χ1n) is 9.20. The molecule has 29 heavy (non-hydrogen) atoms. The van der Waals surface area contributed by atoms with Crippen LogP contribution < -0.4 is 10.1 Å². The lowest BCUT2D eigenvalue weighted by atomic mass is 9.98. The molecule has 2 aromatic carbocycles. The van der Waals surface area contributed by atoms with E-state index < -0.39 is 11.9 Å². The molecule has 1 N–H and O–H groups in total. The topological polar surface area (TPSA) is 77.8 Å². The Morgan fingerprint density at radius 3 is 2.24 bits per heavy atom. The van der Waals surface area contributed by atoms with Gasteiger partial charge < -0.3 is 19.2 Å². The largest absolute Gasteiger partial charge is 0.497 e. The fourth-order valence-corrected chi connectivity index (χ4v) is 3.05. The molecule has 0 saturated heterocycles. The molecule has 1 amide bonds. The summed E-state index contributed by atoms with van der Waals surface area (Å²) in [7, 11) is 1.60. The summed E-state index contributed by atoms with van der Waals surface area (Å²) in [6.07, 6.45) is 0. The van der Waals surface area contributed by atoms with Crippen LogP contribution in [0, 0.1) is 13.8 Å². The van der Waals surface area contributed by atoms with Gasteiger partial charge in [0.2, 0.25) is 0 Å². The highest BCUT2D eigenvalue weighted by molar-refractivity contribution is 5.92. The van der Waals surface area contributed by atoms with Gasteiger partial charge in [0.25, 0.3) is 5.91 Å². The SMILES string of the molecule is COc1ccc([C@@H](NC(=O)COC(=O)c2cc(C)oc2C)c2ccccc2)cc1. The van der Waals surface area contributed by atoms with Gasteiger partial charge >= 0.3 is 5.97 Å². The van der Waals surface area contributed by atoms with Gasteiger partial charge in [-0.2, -0.15) is 0 Å². The molecule has 150 valence electrons. The third kappa shape index (κ3) is 5.04. The summed E-state index contributed by atoms with van der Waals surface area (Å²) in [5.41, 5.74) is 2.13. The molecular weight excluding hydrogens is 370 g/mol. The molecule has 0 aliphatic heterocycles. The number of carbonyl (C=O) groups is 2. The van der Waals surface area contributed by atoms with E-state index in [1.165, 1.54) is 0 Å². The van der Waals surface area contributed by atoms with Gasteiger partial charge in [0.1, 0.15) is 22.8 Å². The van der Waals surface area contributed by atoms with Gasteiger partial charge in [0.05, 0.1) is 13.2 Å². The zero-order valence-corrected chi connectivity index (χ0v) is 16.6. The molecule has 0 aliphatic carbocycles. The van der Waals surface area contributed by atoms with E-state index in [-0.39, 0.29) is 12.6 Å². The van der Waals surface area contributed by atoms with Gasteiger partial charge in [0.15, 0.2) is 6.61 Å². The van der Waals surface area contributed by atoms with Crippen molar-refractivity contribution in [2.24, 2.45) is 0 Å². The number of ether oxygens (including phenoxy) is 2. The van der Waals surface area contributed by atoms with Crippen LogP contribution in [0.3, 0.4) is 0 Å². The highest BCUT2D eigenvalue weighted by Gasteiger charge is 2.20. The van der Waals surface area contributed by atoms with Crippen LogP contribution in [-0.2, 0) is 9.53 Å². The van der Waals surface area contributed by atoms with E-state index in [9.17, 15) is 9.59 Å². The Balaban J connectivity index is 1.71. The summed E-state index contributed by atoms with van der Waals surface area (Å²) in [4.78, 5) is 24.7. The van der Waals surface area contributed by atoms with Crippen molar-refractivity contribution < 1.29 is 23.5 Å². The number of rotatable bonds is 7. The summed E-state index contributed by atoms with van der Waals surface area (Å²) < 4.78 is 15.7. The fourth-order valence-electron chi connectivity index (χ4n) is 3.05. The van der Waals surface area contributed by atoms with Gasteiger partial charge in [-0.25, -0.2) is 4.79 Å². The van der Waals surface area contributed by atoms with Crippen molar-refractivity contribution in [2.45, 2.75) is 19.9 Å². The number of furan rings is 1. The molecule has 0 spiro atoms. The maximum absolute atomic E-state index is 12.5. The van der Waals surface area contributed by atoms with Crippen molar-refractivity contribution in [2.75, 3.05) is 13.7 Å². The minimum Gasteiger partial charge on any atom is -0.497 e. The van der Waals surface area contributed by atoms with E-state index in [0.717, 1.165) is 16.9 Å². The van der Waals surface area contributed by atoms with Crippen molar-refractivity contribution in [3.63, 3.8) is 0 Å². The average Bonchev–Trinajstić information content (AvgIpc) is 3.09. The van der Waals surface area contributed by atoms with Gasteiger partial charge in [-0.15, -0.1) is 0 Å². The molecule has 1 aromatic heterocycles. The molecule has 6 nitrogen and oxygen atoms in total. The zero-order chi connectivity index (χ0) is 20.8. The Bertz CT molecular complexity index is 976. The van der Waals surface area contributed by atoms with Crippen LogP contribution in [0.5, 0.6) is 5.75 Å². The molecule has 1 atom stereocenters. The van der Waals surface area contributed by atoms with E-state index in [4.69, 9.17) is 13.9 Å². The van der Waals surface area contributed by atoms with Gasteiger partial charge in [-0.3, -0.25) is 4.79 Å². The van der Waals surface area contributed by atoms with Crippen LogP contribution >= 0.6 is 0 Å². The molecule has 0 saturated carbocycles. The Labute approximate surface area is 169 Å². The number of aryl methyl sites for hydroxylation is 2. The van der Waals surface area contributed by atoms with Gasteiger partial charge in [-0.1, -0.05) is 42.5 Å². The summed E-state index contributed by atoms with van der Waals surface area (Å²) >= 11 is 0. The standard InChI is InChI=1S/C23H23NO5/c1-15-13-20(16(2)29-15)23(26)28-14-21(25)24-22(17-7-5-4-6-8-17)18-9-11-19(27-3)12-10-18/h4-13,22H,14H2,1-3H3,(H,24,25)/t22-/m0/s1. The van der Waals surface area contributed by atoms with Crippen LogP contribution in [0.25, 0.3) is 0 Å². The summed E-state index contributed by atoms with van der Waals surface area (Å²) in [6.45, 7) is 3.04. The minimum atomic E-state index is -0.588. The number of esters is 1. The average molecular weight is 393 g/mol. The first-order chi connectivity index (χ1) is 14.0. The zero-order valence-electron chi connectivity index (χ0n) is 16.6. The highest BCUT2D eigenvalue weighted by atomic mass is 16.5. The number of amides is 1. The predicted molar refractivity (Wildman–Crippen MR) is 108 cm³/mol. The number of nitrogens with one attached hydrogen (secondary N) is 1. The van der Waals surface area contributed by atoms with Crippen molar-refractivity contribution in [3.8, 4) is 5.75 Å². The van der Waals surface area contributed by atoms with Crippen LogP contribution in [-0.4, -0.2) is 25.6 Å². The Morgan fingerprint density at radius 2 is 1.66 bits per heavy atom. The minimum absolute atomic E-state index is 0.324. The second-order valence-electron chi connectivity index (χ2n) is 6.59. The van der Waals surface area contributed by atoms with E-state index in [2.05, 4.69) is 5.32 Å². The maximum Gasteiger partial charge on any atom is 0.342 e. The smallest absolute Gasteiger partial charge is 0.342 e. The molecular formula is C23H23NO5. The Hall–Kier alpha value is -3.54. The lowest BCUT2D eigenvalue weighted by molar-refractivity contribution is -0.124. The Kier molecular flexibility index (Phi) is 6.34. The molecule has 0 bridgehead atoms. The number of carbonyl (C=O) groups excluding carboxylic acids is 2. The van der Waals surface area contributed by atoms with Crippen LogP contribution in [0.1, 0.15) is 39.0 Å². The van der Waals surface area contributed by atoms with Crippen molar-refractivity contribution in [1.82, 2.24) is 5.32 Å². The van der Waals surface area contributed by atoms with E-state index in [1.54, 1.807) is 27.0 Å². The van der Waals surface area contributed by atoms with E-state index in [0.29, 0.717) is 17.1 Å². The Morgan fingerprint density at radius 1 is 1.00 bits per heavy atom. The lowest BCUT2D eigenvalue weighted by Crippen LogP contribution is -2.33. The quantitative estimate of drug-likeness (QED) is 0.615. The second kappa shape index (κ2) is 9.10. The summed E-state index contributed by atoms with van der Waals surface area (Å²) in [6, 6.07) is 18.2.